The summed E-state index contributed by atoms with van der Waals surface area (Å²) in [5, 5.41) is 8.05. The molecule has 3 aromatic rings. The average molecular weight is 436 g/mol. The van der Waals surface area contributed by atoms with Crippen LogP contribution in [0.5, 0.6) is 0 Å². The molecule has 1 aliphatic rings. The molecule has 0 aromatic heterocycles. The summed E-state index contributed by atoms with van der Waals surface area (Å²) in [6.07, 6.45) is 0.622. The summed E-state index contributed by atoms with van der Waals surface area (Å²) in [5.74, 6) is -0.832. The second-order valence-corrected chi connectivity index (χ2v) is 8.14. The third kappa shape index (κ3) is 4.11. The highest BCUT2D eigenvalue weighted by Crippen LogP contribution is 2.33. The summed E-state index contributed by atoms with van der Waals surface area (Å²) in [6.45, 7) is 1.74. The minimum absolute atomic E-state index is 0.328. The first kappa shape index (κ1) is 20.9. The van der Waals surface area contributed by atoms with Gasteiger partial charge in [0.2, 0.25) is 5.91 Å². The Hall–Kier alpha value is -3.38. The molecule has 0 spiro atoms. The second kappa shape index (κ2) is 8.40. The van der Waals surface area contributed by atoms with Crippen molar-refractivity contribution in [2.45, 2.75) is 18.9 Å². The molecule has 158 valence electrons. The average Bonchev–Trinajstić information content (AvgIpc) is 2.98. The molecule has 0 saturated carbocycles. The van der Waals surface area contributed by atoms with Crippen molar-refractivity contribution in [2.24, 2.45) is 0 Å². The van der Waals surface area contributed by atoms with Crippen molar-refractivity contribution in [1.82, 2.24) is 15.5 Å². The van der Waals surface area contributed by atoms with Gasteiger partial charge in [0.25, 0.3) is 5.91 Å². The first-order valence-corrected chi connectivity index (χ1v) is 10.4. The number of fused-ring (bicyclic) bond motifs is 1. The van der Waals surface area contributed by atoms with Crippen LogP contribution in [-0.4, -0.2) is 35.8 Å². The van der Waals surface area contributed by atoms with Crippen LogP contribution in [-0.2, 0) is 21.5 Å². The van der Waals surface area contributed by atoms with Crippen LogP contribution in [0.3, 0.4) is 0 Å². The van der Waals surface area contributed by atoms with E-state index in [0.717, 1.165) is 21.2 Å². The number of carbonyl (C=O) groups excluding carboxylic acids is 3. The van der Waals surface area contributed by atoms with Crippen molar-refractivity contribution in [1.29, 1.82) is 0 Å². The maximum atomic E-state index is 13.2. The molecule has 1 aliphatic heterocycles. The number of rotatable bonds is 6. The molecule has 1 heterocycles. The molecule has 3 aromatic carbocycles. The fourth-order valence-electron chi connectivity index (χ4n) is 3.88. The third-order valence-corrected chi connectivity index (χ3v) is 5.81. The largest absolute Gasteiger partial charge is 0.354 e. The summed E-state index contributed by atoms with van der Waals surface area (Å²) < 4.78 is 0. The Kier molecular flexibility index (Phi) is 5.65. The molecular formula is C24H22ClN3O3. The zero-order chi connectivity index (χ0) is 22.0. The van der Waals surface area contributed by atoms with Crippen molar-refractivity contribution in [3.8, 4) is 0 Å². The van der Waals surface area contributed by atoms with Gasteiger partial charge in [0.05, 0.1) is 0 Å². The van der Waals surface area contributed by atoms with Gasteiger partial charge < -0.3 is 10.6 Å². The summed E-state index contributed by atoms with van der Waals surface area (Å²) in [4.78, 5) is 39.1. The molecule has 0 radical (unpaired) electrons. The molecule has 31 heavy (non-hydrogen) atoms. The molecule has 4 amide bonds. The van der Waals surface area contributed by atoms with Crippen LogP contribution in [0.2, 0.25) is 5.02 Å². The van der Waals surface area contributed by atoms with Crippen LogP contribution >= 0.6 is 11.6 Å². The number of carbonyl (C=O) groups is 3. The van der Waals surface area contributed by atoms with Gasteiger partial charge in [0.15, 0.2) is 0 Å². The van der Waals surface area contributed by atoms with Crippen LogP contribution in [0.4, 0.5) is 4.79 Å². The summed E-state index contributed by atoms with van der Waals surface area (Å²) >= 11 is 5.87. The van der Waals surface area contributed by atoms with Gasteiger partial charge >= 0.3 is 6.03 Å². The summed E-state index contributed by atoms with van der Waals surface area (Å²) in [5.41, 5.74) is 0.500. The number of urea groups is 1. The predicted molar refractivity (Wildman–Crippen MR) is 120 cm³/mol. The van der Waals surface area contributed by atoms with Crippen molar-refractivity contribution >= 4 is 40.2 Å². The molecule has 1 atom stereocenters. The molecule has 1 unspecified atom stereocenters. The molecule has 0 bridgehead atoms. The molecule has 6 nitrogen and oxygen atoms in total. The number of nitrogens with zero attached hydrogens (tertiary/aromatic N) is 1. The van der Waals surface area contributed by atoms with E-state index in [2.05, 4.69) is 10.6 Å². The highest BCUT2D eigenvalue weighted by Gasteiger charge is 2.50. The van der Waals surface area contributed by atoms with E-state index in [0.29, 0.717) is 23.6 Å². The van der Waals surface area contributed by atoms with Crippen molar-refractivity contribution in [3.05, 3.63) is 82.9 Å². The number of hydrogen-bond donors (Lipinski definition) is 2. The van der Waals surface area contributed by atoms with Gasteiger partial charge in [0.1, 0.15) is 12.1 Å². The van der Waals surface area contributed by atoms with E-state index in [9.17, 15) is 14.4 Å². The quantitative estimate of drug-likeness (QED) is 0.580. The Morgan fingerprint density at radius 1 is 1.03 bits per heavy atom. The SMILES string of the molecule is CC1(c2cccc3ccccc23)NC(=O)N(CC(=O)NCCc2ccc(Cl)cc2)C1=O. The Morgan fingerprint density at radius 3 is 2.52 bits per heavy atom. The topological polar surface area (TPSA) is 78.5 Å². The Labute approximate surface area is 185 Å². The standard InChI is InChI=1S/C24H22ClN3O3/c1-24(20-8-4-6-17-5-2-3-7-19(17)20)22(30)28(23(31)27-24)15-21(29)26-14-13-16-9-11-18(25)12-10-16/h2-12H,13-15H2,1H3,(H,26,29)(H,27,31). The van der Waals surface area contributed by atoms with E-state index >= 15 is 0 Å². The fraction of sp³-hybridized carbons (Fsp3) is 0.208. The number of benzene rings is 3. The first-order chi connectivity index (χ1) is 14.9. The summed E-state index contributed by atoms with van der Waals surface area (Å²) in [6, 6.07) is 20.1. The lowest BCUT2D eigenvalue weighted by atomic mass is 9.88. The van der Waals surface area contributed by atoms with Gasteiger partial charge in [-0.2, -0.15) is 0 Å². The molecule has 7 heteroatoms. The maximum Gasteiger partial charge on any atom is 0.325 e. The summed E-state index contributed by atoms with van der Waals surface area (Å²) in [7, 11) is 0. The first-order valence-electron chi connectivity index (χ1n) is 10.0. The van der Waals surface area contributed by atoms with Crippen molar-refractivity contribution < 1.29 is 14.4 Å². The van der Waals surface area contributed by atoms with E-state index in [4.69, 9.17) is 11.6 Å². The van der Waals surface area contributed by atoms with Gasteiger partial charge in [-0.1, -0.05) is 66.2 Å². The second-order valence-electron chi connectivity index (χ2n) is 7.70. The van der Waals surface area contributed by atoms with Crippen LogP contribution in [0.15, 0.2) is 66.7 Å². The fourth-order valence-corrected chi connectivity index (χ4v) is 4.01. The molecular weight excluding hydrogens is 414 g/mol. The lowest BCUT2D eigenvalue weighted by Gasteiger charge is -2.24. The normalized spacial score (nSPS) is 18.3. The zero-order valence-electron chi connectivity index (χ0n) is 17.0. The molecule has 1 saturated heterocycles. The number of nitrogens with one attached hydrogen (secondary N) is 2. The van der Waals surface area contributed by atoms with E-state index in [-0.39, 0.29) is 12.5 Å². The van der Waals surface area contributed by atoms with Crippen molar-refractivity contribution in [2.75, 3.05) is 13.1 Å². The third-order valence-electron chi connectivity index (χ3n) is 5.55. The van der Waals surface area contributed by atoms with E-state index in [1.165, 1.54) is 0 Å². The monoisotopic (exact) mass is 435 g/mol. The predicted octanol–water partition coefficient (Wildman–Crippen LogP) is 3.62. The Morgan fingerprint density at radius 2 is 1.74 bits per heavy atom. The lowest BCUT2D eigenvalue weighted by Crippen LogP contribution is -2.43. The van der Waals surface area contributed by atoms with Gasteiger partial charge in [-0.15, -0.1) is 0 Å². The van der Waals surface area contributed by atoms with Crippen molar-refractivity contribution in [3.63, 3.8) is 0 Å². The number of amides is 4. The molecule has 1 fully saturated rings. The zero-order valence-corrected chi connectivity index (χ0v) is 17.8. The number of hydrogen-bond acceptors (Lipinski definition) is 3. The number of imide groups is 1. The molecule has 2 N–H and O–H groups in total. The minimum atomic E-state index is -1.23. The van der Waals surface area contributed by atoms with E-state index < -0.39 is 17.5 Å². The van der Waals surface area contributed by atoms with Crippen LogP contribution in [0, 0.1) is 0 Å². The van der Waals surface area contributed by atoms with Gasteiger partial charge in [-0.25, -0.2) is 4.79 Å². The lowest BCUT2D eigenvalue weighted by molar-refractivity contribution is -0.134. The molecule has 0 aliphatic carbocycles. The van der Waals surface area contributed by atoms with Gasteiger partial charge in [-0.05, 0) is 47.4 Å². The Balaban J connectivity index is 1.44. The van der Waals surface area contributed by atoms with E-state index in [1.54, 1.807) is 19.1 Å². The minimum Gasteiger partial charge on any atom is -0.354 e. The highest BCUT2D eigenvalue weighted by atomic mass is 35.5. The smallest absolute Gasteiger partial charge is 0.325 e. The van der Waals surface area contributed by atoms with Crippen LogP contribution in [0.25, 0.3) is 10.8 Å². The highest BCUT2D eigenvalue weighted by molar-refractivity contribution is 6.30. The van der Waals surface area contributed by atoms with Crippen LogP contribution < -0.4 is 10.6 Å². The van der Waals surface area contributed by atoms with Crippen LogP contribution in [0.1, 0.15) is 18.1 Å². The van der Waals surface area contributed by atoms with E-state index in [1.807, 2.05) is 54.6 Å². The Bertz CT molecular complexity index is 1160. The number of halogens is 1. The molecule has 4 rings (SSSR count). The van der Waals surface area contributed by atoms with Gasteiger partial charge in [-0.3, -0.25) is 14.5 Å². The maximum absolute atomic E-state index is 13.2. The van der Waals surface area contributed by atoms with Gasteiger partial charge in [0, 0.05) is 11.6 Å².